The van der Waals surface area contributed by atoms with E-state index in [4.69, 9.17) is 0 Å². The SMILES string of the molecule is C=C(CCC)C(=O)N(NC(C)C)NC(C)C. The Morgan fingerprint density at radius 2 is 1.62 bits per heavy atom. The van der Waals surface area contributed by atoms with Crippen molar-refractivity contribution in [3.63, 3.8) is 0 Å². The molecule has 0 atom stereocenters. The van der Waals surface area contributed by atoms with Gasteiger partial charge in [0.25, 0.3) is 5.91 Å². The third-order valence-corrected chi connectivity index (χ3v) is 1.83. The Morgan fingerprint density at radius 1 is 1.19 bits per heavy atom. The maximum Gasteiger partial charge on any atom is 0.278 e. The van der Waals surface area contributed by atoms with Crippen molar-refractivity contribution in [2.75, 3.05) is 0 Å². The summed E-state index contributed by atoms with van der Waals surface area (Å²) in [7, 11) is 0. The van der Waals surface area contributed by atoms with Gasteiger partial charge in [-0.2, -0.15) is 0 Å². The molecule has 94 valence electrons. The van der Waals surface area contributed by atoms with E-state index in [2.05, 4.69) is 17.4 Å². The molecule has 0 heterocycles. The van der Waals surface area contributed by atoms with Gasteiger partial charge in [0, 0.05) is 17.7 Å². The highest BCUT2D eigenvalue weighted by atomic mass is 16.2. The summed E-state index contributed by atoms with van der Waals surface area (Å²) in [5.41, 5.74) is 6.75. The molecule has 4 nitrogen and oxygen atoms in total. The van der Waals surface area contributed by atoms with Crippen LogP contribution >= 0.6 is 0 Å². The zero-order valence-corrected chi connectivity index (χ0v) is 11.1. The second-order valence-corrected chi connectivity index (χ2v) is 4.56. The summed E-state index contributed by atoms with van der Waals surface area (Å²) in [4.78, 5) is 12.0. The first-order chi connectivity index (χ1) is 7.38. The highest BCUT2D eigenvalue weighted by molar-refractivity contribution is 5.92. The van der Waals surface area contributed by atoms with Crippen molar-refractivity contribution in [3.05, 3.63) is 12.2 Å². The zero-order valence-electron chi connectivity index (χ0n) is 11.1. The minimum atomic E-state index is -0.0794. The lowest BCUT2D eigenvalue weighted by atomic mass is 10.2. The third-order valence-electron chi connectivity index (χ3n) is 1.83. The van der Waals surface area contributed by atoms with E-state index in [0.29, 0.717) is 5.57 Å². The van der Waals surface area contributed by atoms with Crippen molar-refractivity contribution in [1.82, 2.24) is 16.0 Å². The Morgan fingerprint density at radius 3 is 1.94 bits per heavy atom. The molecule has 0 aromatic heterocycles. The van der Waals surface area contributed by atoms with Crippen LogP contribution < -0.4 is 10.9 Å². The standard InChI is InChI=1S/C12H25N3O/c1-7-8-11(6)12(16)15(13-9(2)3)14-10(4)5/h9-10,13-14H,6-8H2,1-5H3. The fourth-order valence-corrected chi connectivity index (χ4v) is 1.24. The van der Waals surface area contributed by atoms with Gasteiger partial charge < -0.3 is 0 Å². The molecule has 0 aliphatic heterocycles. The molecule has 0 spiro atoms. The van der Waals surface area contributed by atoms with Gasteiger partial charge in [-0.1, -0.05) is 19.9 Å². The molecule has 0 aromatic carbocycles. The van der Waals surface area contributed by atoms with Crippen LogP contribution in [0.15, 0.2) is 12.2 Å². The third kappa shape index (κ3) is 5.88. The maximum absolute atomic E-state index is 12.0. The summed E-state index contributed by atoms with van der Waals surface area (Å²) >= 11 is 0. The minimum Gasteiger partial charge on any atom is -0.267 e. The average molecular weight is 227 g/mol. The Balaban J connectivity index is 4.48. The van der Waals surface area contributed by atoms with Gasteiger partial charge in [-0.25, -0.2) is 16.0 Å². The van der Waals surface area contributed by atoms with Crippen molar-refractivity contribution in [2.24, 2.45) is 0 Å². The molecule has 0 fully saturated rings. The molecule has 0 unspecified atom stereocenters. The Labute approximate surface area is 99.0 Å². The van der Waals surface area contributed by atoms with Crippen LogP contribution in [0.4, 0.5) is 0 Å². The van der Waals surface area contributed by atoms with Crippen molar-refractivity contribution in [1.29, 1.82) is 0 Å². The molecule has 0 radical (unpaired) electrons. The molecule has 0 saturated heterocycles. The van der Waals surface area contributed by atoms with Crippen LogP contribution in [0.1, 0.15) is 47.5 Å². The maximum atomic E-state index is 12.0. The van der Waals surface area contributed by atoms with E-state index in [9.17, 15) is 4.79 Å². The summed E-state index contributed by atoms with van der Waals surface area (Å²) in [5.74, 6) is -0.0794. The Kier molecular flexibility index (Phi) is 7.01. The predicted molar refractivity (Wildman–Crippen MR) is 67.4 cm³/mol. The summed E-state index contributed by atoms with van der Waals surface area (Å²) in [5, 5.41) is 1.45. The van der Waals surface area contributed by atoms with E-state index in [0.717, 1.165) is 12.8 Å². The van der Waals surface area contributed by atoms with Gasteiger partial charge >= 0.3 is 0 Å². The number of amides is 1. The van der Waals surface area contributed by atoms with Crippen molar-refractivity contribution in [3.8, 4) is 0 Å². The highest BCUT2D eigenvalue weighted by Gasteiger charge is 2.17. The molecule has 0 bridgehead atoms. The molecule has 0 aliphatic carbocycles. The predicted octanol–water partition coefficient (Wildman–Crippen LogP) is 2.00. The lowest BCUT2D eigenvalue weighted by Gasteiger charge is -2.28. The number of hydrogen-bond acceptors (Lipinski definition) is 3. The fraction of sp³-hybridized carbons (Fsp3) is 0.750. The van der Waals surface area contributed by atoms with Crippen LogP contribution in [0.25, 0.3) is 0 Å². The van der Waals surface area contributed by atoms with E-state index in [-0.39, 0.29) is 18.0 Å². The van der Waals surface area contributed by atoms with Crippen molar-refractivity contribution < 1.29 is 4.79 Å². The summed E-state index contributed by atoms with van der Waals surface area (Å²) in [6.45, 7) is 13.8. The molecule has 0 aliphatic rings. The number of nitrogens with zero attached hydrogens (tertiary/aromatic N) is 1. The van der Waals surface area contributed by atoms with Gasteiger partial charge in [-0.15, -0.1) is 0 Å². The van der Waals surface area contributed by atoms with Gasteiger partial charge in [-0.05, 0) is 34.1 Å². The summed E-state index contributed by atoms with van der Waals surface area (Å²) in [6, 6.07) is 0.397. The number of carbonyl (C=O) groups excluding carboxylic acids is 1. The van der Waals surface area contributed by atoms with E-state index < -0.39 is 0 Å². The number of rotatable bonds is 7. The molecule has 1 amide bonds. The zero-order chi connectivity index (χ0) is 12.7. The largest absolute Gasteiger partial charge is 0.278 e. The van der Waals surface area contributed by atoms with Crippen LogP contribution in [-0.2, 0) is 4.79 Å². The first-order valence-electron chi connectivity index (χ1n) is 5.93. The first kappa shape index (κ1) is 15.1. The van der Waals surface area contributed by atoms with Crippen molar-refractivity contribution >= 4 is 5.91 Å². The Hall–Kier alpha value is -0.870. The molecule has 0 saturated carbocycles. The van der Waals surface area contributed by atoms with Gasteiger partial charge in [0.2, 0.25) is 0 Å². The second kappa shape index (κ2) is 7.41. The quantitative estimate of drug-likeness (QED) is 0.516. The lowest BCUT2D eigenvalue weighted by Crippen LogP contribution is -2.56. The molecular formula is C12H25N3O. The first-order valence-corrected chi connectivity index (χ1v) is 5.93. The van der Waals surface area contributed by atoms with Crippen LogP contribution in [0.2, 0.25) is 0 Å². The summed E-state index contributed by atoms with van der Waals surface area (Å²) in [6.07, 6.45) is 1.66. The van der Waals surface area contributed by atoms with Gasteiger partial charge in [0.15, 0.2) is 0 Å². The van der Waals surface area contributed by atoms with Crippen LogP contribution in [-0.4, -0.2) is 23.1 Å². The molecular weight excluding hydrogens is 202 g/mol. The van der Waals surface area contributed by atoms with E-state index >= 15 is 0 Å². The minimum absolute atomic E-state index is 0.0794. The van der Waals surface area contributed by atoms with Gasteiger partial charge in [-0.3, -0.25) is 4.79 Å². The smallest absolute Gasteiger partial charge is 0.267 e. The number of nitrogens with one attached hydrogen (secondary N) is 2. The summed E-state index contributed by atoms with van der Waals surface area (Å²) < 4.78 is 0. The highest BCUT2D eigenvalue weighted by Crippen LogP contribution is 2.05. The van der Waals surface area contributed by atoms with Gasteiger partial charge in [0.1, 0.15) is 0 Å². The number of hydrazine groups is 2. The Bertz CT molecular complexity index is 226. The average Bonchev–Trinajstić information content (AvgIpc) is 2.14. The van der Waals surface area contributed by atoms with Crippen molar-refractivity contribution in [2.45, 2.75) is 59.5 Å². The van der Waals surface area contributed by atoms with Gasteiger partial charge in [0.05, 0.1) is 0 Å². The number of carbonyl (C=O) groups is 1. The fourth-order valence-electron chi connectivity index (χ4n) is 1.24. The number of hydrogen-bond donors (Lipinski definition) is 2. The molecule has 0 aromatic rings. The molecule has 16 heavy (non-hydrogen) atoms. The van der Waals surface area contributed by atoms with Crippen LogP contribution in [0.3, 0.4) is 0 Å². The second-order valence-electron chi connectivity index (χ2n) is 4.56. The monoisotopic (exact) mass is 227 g/mol. The van der Waals surface area contributed by atoms with E-state index in [1.54, 1.807) is 0 Å². The lowest BCUT2D eigenvalue weighted by molar-refractivity contribution is -0.135. The molecule has 4 heteroatoms. The topological polar surface area (TPSA) is 44.4 Å². The molecule has 2 N–H and O–H groups in total. The van der Waals surface area contributed by atoms with E-state index in [1.807, 2.05) is 34.6 Å². The van der Waals surface area contributed by atoms with Crippen LogP contribution in [0.5, 0.6) is 0 Å². The van der Waals surface area contributed by atoms with E-state index in [1.165, 1.54) is 5.12 Å². The molecule has 0 rings (SSSR count). The normalized spacial score (nSPS) is 10.9. The van der Waals surface area contributed by atoms with Crippen LogP contribution in [0, 0.1) is 0 Å².